The van der Waals surface area contributed by atoms with Gasteiger partial charge in [0.15, 0.2) is 0 Å². The Bertz CT molecular complexity index is 679. The fourth-order valence-corrected chi connectivity index (χ4v) is 2.67. The number of benzene rings is 2. The van der Waals surface area contributed by atoms with Crippen molar-refractivity contribution in [2.24, 2.45) is 5.73 Å². The Morgan fingerprint density at radius 2 is 1.77 bits per heavy atom. The second kappa shape index (κ2) is 10.6. The van der Waals surface area contributed by atoms with Gasteiger partial charge in [0.25, 0.3) is 0 Å². The van der Waals surface area contributed by atoms with E-state index in [1.165, 1.54) is 0 Å². The van der Waals surface area contributed by atoms with Gasteiger partial charge in [-0.3, -0.25) is 0 Å². The first-order chi connectivity index (χ1) is 12.6. The van der Waals surface area contributed by atoms with Gasteiger partial charge in [0.2, 0.25) is 0 Å². The van der Waals surface area contributed by atoms with Crippen LogP contribution in [0.25, 0.3) is 0 Å². The highest BCUT2D eigenvalue weighted by Gasteiger charge is 2.20. The van der Waals surface area contributed by atoms with Crippen LogP contribution in [-0.2, 0) is 17.8 Å². The average molecular weight is 358 g/mol. The molecule has 6 nitrogen and oxygen atoms in total. The van der Waals surface area contributed by atoms with Crippen molar-refractivity contribution >= 4 is 6.09 Å². The Labute approximate surface area is 153 Å². The number of carbonyl (C=O) groups is 1. The molecule has 0 bridgehead atoms. The minimum absolute atomic E-state index is 0.185. The monoisotopic (exact) mass is 358 g/mol. The van der Waals surface area contributed by atoms with Gasteiger partial charge in [0.1, 0.15) is 12.7 Å². The van der Waals surface area contributed by atoms with Crippen molar-refractivity contribution in [2.75, 3.05) is 13.1 Å². The lowest BCUT2D eigenvalue weighted by molar-refractivity contribution is 0.0131. The summed E-state index contributed by atoms with van der Waals surface area (Å²) in [5.41, 5.74) is 8.06. The van der Waals surface area contributed by atoms with Crippen molar-refractivity contribution in [1.29, 1.82) is 0 Å². The summed E-state index contributed by atoms with van der Waals surface area (Å²) < 4.78 is 5.10. The molecule has 2 rings (SSSR count). The minimum atomic E-state index is -1.03. The number of alkyl carbamates (subject to hydrolysis) is 1. The third-order valence-corrected chi connectivity index (χ3v) is 4.07. The molecule has 2 unspecified atom stereocenters. The summed E-state index contributed by atoms with van der Waals surface area (Å²) in [5.74, 6) is 0. The number of hydrogen-bond acceptors (Lipinski definition) is 5. The van der Waals surface area contributed by atoms with E-state index in [0.717, 1.165) is 11.1 Å². The number of aliphatic hydroxyl groups excluding tert-OH is 2. The summed E-state index contributed by atoms with van der Waals surface area (Å²) in [6, 6.07) is 16.7. The molecule has 0 heterocycles. The molecular weight excluding hydrogens is 332 g/mol. The Hall–Kier alpha value is -2.41. The quantitative estimate of drug-likeness (QED) is 0.548. The molecule has 2 atom stereocenters. The van der Waals surface area contributed by atoms with Crippen LogP contribution in [0.1, 0.15) is 29.2 Å². The largest absolute Gasteiger partial charge is 0.445 e. The van der Waals surface area contributed by atoms with E-state index >= 15 is 0 Å². The highest BCUT2D eigenvalue weighted by molar-refractivity contribution is 5.67. The molecule has 2 aromatic carbocycles. The summed E-state index contributed by atoms with van der Waals surface area (Å²) in [5, 5.41) is 23.2. The fourth-order valence-electron chi connectivity index (χ4n) is 2.67. The van der Waals surface area contributed by atoms with Gasteiger partial charge in [0, 0.05) is 6.54 Å². The van der Waals surface area contributed by atoms with Crippen molar-refractivity contribution in [1.82, 2.24) is 5.32 Å². The van der Waals surface area contributed by atoms with E-state index in [0.29, 0.717) is 18.5 Å². The highest BCUT2D eigenvalue weighted by atomic mass is 16.5. The van der Waals surface area contributed by atoms with Crippen LogP contribution in [0.3, 0.4) is 0 Å². The van der Waals surface area contributed by atoms with Crippen LogP contribution in [0, 0.1) is 0 Å². The van der Waals surface area contributed by atoms with Gasteiger partial charge >= 0.3 is 6.09 Å². The molecule has 0 aliphatic heterocycles. The van der Waals surface area contributed by atoms with Crippen LogP contribution in [0.5, 0.6) is 0 Å². The van der Waals surface area contributed by atoms with Crippen LogP contribution < -0.4 is 11.1 Å². The number of rotatable bonds is 9. The summed E-state index contributed by atoms with van der Waals surface area (Å²) >= 11 is 0. The summed E-state index contributed by atoms with van der Waals surface area (Å²) in [6.45, 7) is 0.851. The molecule has 2 aromatic rings. The van der Waals surface area contributed by atoms with Gasteiger partial charge in [-0.1, -0.05) is 54.6 Å². The number of hydrogen-bond donors (Lipinski definition) is 4. The molecule has 0 aromatic heterocycles. The molecule has 0 radical (unpaired) electrons. The summed E-state index contributed by atoms with van der Waals surface area (Å²) in [6.07, 6.45) is -1.75. The predicted octanol–water partition coefficient (Wildman–Crippen LogP) is 1.90. The first kappa shape index (κ1) is 19.9. The lowest BCUT2D eigenvalue weighted by Gasteiger charge is -2.21. The SMILES string of the molecule is NCCc1ccccc1C(O)C(O)CCNC(=O)OCc1ccccc1. The number of amides is 1. The predicted molar refractivity (Wildman–Crippen MR) is 99.4 cm³/mol. The van der Waals surface area contributed by atoms with Crippen LogP contribution in [-0.4, -0.2) is 35.5 Å². The molecule has 5 N–H and O–H groups in total. The number of nitrogens with two attached hydrogens (primary N) is 1. The van der Waals surface area contributed by atoms with Gasteiger partial charge in [-0.2, -0.15) is 0 Å². The van der Waals surface area contributed by atoms with Crippen molar-refractivity contribution in [3.63, 3.8) is 0 Å². The van der Waals surface area contributed by atoms with Crippen molar-refractivity contribution in [2.45, 2.75) is 31.7 Å². The number of carbonyl (C=O) groups excluding carboxylic acids is 1. The molecule has 0 saturated heterocycles. The van der Waals surface area contributed by atoms with Crippen molar-refractivity contribution in [3.8, 4) is 0 Å². The van der Waals surface area contributed by atoms with E-state index in [9.17, 15) is 15.0 Å². The second-order valence-corrected chi connectivity index (χ2v) is 6.03. The standard InChI is InChI=1S/C20H26N2O4/c21-12-10-16-8-4-5-9-17(16)19(24)18(23)11-13-22-20(25)26-14-15-6-2-1-3-7-15/h1-9,18-19,23-24H,10-14,21H2,(H,22,25). The maximum absolute atomic E-state index is 11.7. The van der Waals surface area contributed by atoms with E-state index in [1.54, 1.807) is 6.07 Å². The zero-order valence-corrected chi connectivity index (χ0v) is 14.7. The molecule has 0 spiro atoms. The Balaban J connectivity index is 1.75. The Morgan fingerprint density at radius 3 is 2.50 bits per heavy atom. The topological polar surface area (TPSA) is 105 Å². The second-order valence-electron chi connectivity index (χ2n) is 6.03. The van der Waals surface area contributed by atoms with Crippen LogP contribution >= 0.6 is 0 Å². The molecule has 1 amide bonds. The van der Waals surface area contributed by atoms with E-state index in [-0.39, 0.29) is 19.6 Å². The first-order valence-electron chi connectivity index (χ1n) is 8.70. The van der Waals surface area contributed by atoms with E-state index in [1.807, 2.05) is 48.5 Å². The fraction of sp³-hybridized carbons (Fsp3) is 0.350. The third kappa shape index (κ3) is 6.15. The maximum Gasteiger partial charge on any atom is 0.407 e. The smallest absolute Gasteiger partial charge is 0.407 e. The van der Waals surface area contributed by atoms with Gasteiger partial charge < -0.3 is 26.0 Å². The number of aliphatic hydroxyl groups is 2. The van der Waals surface area contributed by atoms with Crippen LogP contribution in [0.4, 0.5) is 4.79 Å². The number of ether oxygens (including phenoxy) is 1. The Kier molecular flexibility index (Phi) is 8.08. The molecular formula is C20H26N2O4. The first-order valence-corrected chi connectivity index (χ1v) is 8.70. The average Bonchev–Trinajstić information content (AvgIpc) is 2.67. The molecule has 0 aliphatic rings. The van der Waals surface area contributed by atoms with Crippen LogP contribution in [0.2, 0.25) is 0 Å². The van der Waals surface area contributed by atoms with Crippen molar-refractivity contribution < 1.29 is 19.7 Å². The van der Waals surface area contributed by atoms with Gasteiger partial charge in [-0.25, -0.2) is 4.79 Å². The van der Waals surface area contributed by atoms with Crippen molar-refractivity contribution in [3.05, 3.63) is 71.3 Å². The summed E-state index contributed by atoms with van der Waals surface area (Å²) in [4.78, 5) is 11.7. The van der Waals surface area contributed by atoms with E-state index < -0.39 is 18.3 Å². The third-order valence-electron chi connectivity index (χ3n) is 4.07. The molecule has 6 heteroatoms. The zero-order valence-electron chi connectivity index (χ0n) is 14.7. The molecule has 0 fully saturated rings. The highest BCUT2D eigenvalue weighted by Crippen LogP contribution is 2.22. The van der Waals surface area contributed by atoms with E-state index in [4.69, 9.17) is 10.5 Å². The van der Waals surface area contributed by atoms with Crippen LogP contribution in [0.15, 0.2) is 54.6 Å². The molecule has 26 heavy (non-hydrogen) atoms. The maximum atomic E-state index is 11.7. The molecule has 0 aliphatic carbocycles. The zero-order chi connectivity index (χ0) is 18.8. The van der Waals surface area contributed by atoms with Gasteiger partial charge in [0.05, 0.1) is 6.10 Å². The molecule has 0 saturated carbocycles. The summed E-state index contributed by atoms with van der Waals surface area (Å²) in [7, 11) is 0. The van der Waals surface area contributed by atoms with E-state index in [2.05, 4.69) is 5.32 Å². The van der Waals surface area contributed by atoms with Gasteiger partial charge in [-0.05, 0) is 36.1 Å². The Morgan fingerprint density at radius 1 is 1.08 bits per heavy atom. The minimum Gasteiger partial charge on any atom is -0.445 e. The lowest BCUT2D eigenvalue weighted by atomic mass is 9.95. The van der Waals surface area contributed by atoms with Gasteiger partial charge in [-0.15, -0.1) is 0 Å². The lowest BCUT2D eigenvalue weighted by Crippen LogP contribution is -2.30. The molecule has 140 valence electrons. The normalized spacial score (nSPS) is 13.0. The number of nitrogens with one attached hydrogen (secondary N) is 1.